The highest BCUT2D eigenvalue weighted by Gasteiger charge is 2.44. The minimum Gasteiger partial charge on any atom is -0.427 e. The third-order valence-electron chi connectivity index (χ3n) is 3.31. The molecule has 0 aromatic heterocycles. The molecule has 2 atom stereocenters. The number of hydrogen-bond acceptors (Lipinski definition) is 3. The summed E-state index contributed by atoms with van der Waals surface area (Å²) in [4.78, 5) is 12.0. The van der Waals surface area contributed by atoms with Crippen LogP contribution in [0.1, 0.15) is 16.8 Å². The van der Waals surface area contributed by atoms with E-state index in [0.29, 0.717) is 0 Å². The molecule has 1 saturated heterocycles. The molecule has 1 fully saturated rings. The molecule has 1 aromatic carbocycles. The van der Waals surface area contributed by atoms with Gasteiger partial charge in [-0.2, -0.15) is 17.6 Å². The summed E-state index contributed by atoms with van der Waals surface area (Å²) in [7, 11) is 0. The van der Waals surface area contributed by atoms with Gasteiger partial charge in [-0.1, -0.05) is 12.1 Å². The zero-order valence-corrected chi connectivity index (χ0v) is 11.9. The Hall–Kier alpha value is -1.90. The molecule has 1 heterocycles. The Morgan fingerprint density at radius 1 is 1.39 bits per heavy atom. The van der Waals surface area contributed by atoms with Gasteiger partial charge in [-0.3, -0.25) is 4.79 Å². The second-order valence-corrected chi connectivity index (χ2v) is 5.11. The molecule has 2 rings (SSSR count). The van der Waals surface area contributed by atoms with E-state index in [1.165, 1.54) is 18.2 Å². The lowest BCUT2D eigenvalue weighted by Crippen LogP contribution is -2.38. The number of alkyl halides is 5. The van der Waals surface area contributed by atoms with Crippen LogP contribution in [0.5, 0.6) is 5.75 Å². The molecule has 0 spiro atoms. The van der Waals surface area contributed by atoms with E-state index in [4.69, 9.17) is 0 Å². The SMILES string of the molecule is O=C(NC[C@@H]1C[C@H](F)CN1)c1ccccc1OC(F)(F)C(F)F. The Bertz CT molecular complexity index is 556. The normalized spacial score (nSPS) is 21.5. The number of hydrogen-bond donors (Lipinski definition) is 2. The summed E-state index contributed by atoms with van der Waals surface area (Å²) in [6.45, 7) is 0.264. The van der Waals surface area contributed by atoms with Gasteiger partial charge in [-0.15, -0.1) is 0 Å². The fourth-order valence-corrected chi connectivity index (χ4v) is 2.17. The molecule has 23 heavy (non-hydrogen) atoms. The molecular formula is C14H15F5N2O2. The van der Waals surface area contributed by atoms with Crippen LogP contribution in [0.4, 0.5) is 22.0 Å². The van der Waals surface area contributed by atoms with Crippen LogP contribution in [0.25, 0.3) is 0 Å². The number of benzene rings is 1. The fraction of sp³-hybridized carbons (Fsp3) is 0.500. The first-order valence-electron chi connectivity index (χ1n) is 6.89. The average molecular weight is 338 g/mol. The van der Waals surface area contributed by atoms with E-state index in [1.807, 2.05) is 0 Å². The zero-order chi connectivity index (χ0) is 17.0. The van der Waals surface area contributed by atoms with Gasteiger partial charge >= 0.3 is 12.5 Å². The smallest absolute Gasteiger partial charge is 0.427 e. The lowest BCUT2D eigenvalue weighted by atomic mass is 10.1. The molecule has 1 aliphatic rings. The van der Waals surface area contributed by atoms with Crippen molar-refractivity contribution in [2.24, 2.45) is 0 Å². The number of para-hydroxylation sites is 1. The summed E-state index contributed by atoms with van der Waals surface area (Å²) in [5, 5.41) is 5.28. The van der Waals surface area contributed by atoms with Crippen molar-refractivity contribution < 1.29 is 31.5 Å². The summed E-state index contributed by atoms with van der Waals surface area (Å²) < 4.78 is 67.4. The largest absolute Gasteiger partial charge is 0.461 e. The molecule has 1 aliphatic heterocycles. The van der Waals surface area contributed by atoms with Crippen molar-refractivity contribution in [3.8, 4) is 5.75 Å². The van der Waals surface area contributed by atoms with E-state index in [1.54, 1.807) is 0 Å². The van der Waals surface area contributed by atoms with Gasteiger partial charge in [0.25, 0.3) is 5.91 Å². The number of nitrogens with one attached hydrogen (secondary N) is 2. The summed E-state index contributed by atoms with van der Waals surface area (Å²) in [5.74, 6) is -1.42. The molecule has 0 aliphatic carbocycles. The van der Waals surface area contributed by atoms with Gasteiger partial charge in [0.1, 0.15) is 11.9 Å². The maximum Gasteiger partial charge on any atom is 0.461 e. The van der Waals surface area contributed by atoms with E-state index in [-0.39, 0.29) is 31.1 Å². The van der Waals surface area contributed by atoms with Crippen LogP contribution in [0.3, 0.4) is 0 Å². The van der Waals surface area contributed by atoms with Crippen molar-refractivity contribution in [3.05, 3.63) is 29.8 Å². The predicted octanol–water partition coefficient (Wildman–Crippen LogP) is 2.35. The number of carbonyl (C=O) groups is 1. The van der Waals surface area contributed by atoms with Crippen molar-refractivity contribution in [1.82, 2.24) is 10.6 Å². The monoisotopic (exact) mass is 338 g/mol. The van der Waals surface area contributed by atoms with Gasteiger partial charge in [0.05, 0.1) is 5.56 Å². The first-order chi connectivity index (χ1) is 10.8. The molecule has 0 saturated carbocycles. The average Bonchev–Trinajstić information content (AvgIpc) is 2.90. The Morgan fingerprint density at radius 2 is 2.09 bits per heavy atom. The number of ether oxygens (including phenoxy) is 1. The fourth-order valence-electron chi connectivity index (χ4n) is 2.17. The third kappa shape index (κ3) is 4.54. The highest BCUT2D eigenvalue weighted by molar-refractivity contribution is 5.96. The van der Waals surface area contributed by atoms with E-state index < -0.39 is 30.4 Å². The van der Waals surface area contributed by atoms with E-state index in [2.05, 4.69) is 15.4 Å². The van der Waals surface area contributed by atoms with Gasteiger partial charge in [-0.05, 0) is 18.6 Å². The summed E-state index contributed by atoms with van der Waals surface area (Å²) in [6, 6.07) is 4.56. The van der Waals surface area contributed by atoms with Crippen LogP contribution in [-0.2, 0) is 0 Å². The molecule has 1 amide bonds. The molecule has 9 heteroatoms. The maximum absolute atomic E-state index is 13.0. The summed E-state index contributed by atoms with van der Waals surface area (Å²) in [6.07, 6.45) is -9.51. The van der Waals surface area contributed by atoms with Crippen molar-refractivity contribution >= 4 is 5.91 Å². The predicted molar refractivity (Wildman–Crippen MR) is 71.7 cm³/mol. The minimum atomic E-state index is -4.70. The van der Waals surface area contributed by atoms with Crippen LogP contribution in [-0.4, -0.2) is 43.7 Å². The first kappa shape index (κ1) is 17.5. The standard InChI is InChI=1S/C14H15F5N2O2/c15-8-5-9(20-6-8)7-21-12(22)10-3-1-2-4-11(10)23-14(18,19)13(16)17/h1-4,8-9,13,20H,5-7H2,(H,21,22)/t8-,9-/m0/s1. The van der Waals surface area contributed by atoms with E-state index >= 15 is 0 Å². The molecular weight excluding hydrogens is 323 g/mol. The van der Waals surface area contributed by atoms with Gasteiger partial charge in [0, 0.05) is 19.1 Å². The topological polar surface area (TPSA) is 50.4 Å². The Kier molecular flexibility index (Phi) is 5.40. The highest BCUT2D eigenvalue weighted by Crippen LogP contribution is 2.29. The first-order valence-corrected chi connectivity index (χ1v) is 6.89. The van der Waals surface area contributed by atoms with Crippen LogP contribution in [0.15, 0.2) is 24.3 Å². The molecule has 0 radical (unpaired) electrons. The highest BCUT2D eigenvalue weighted by atomic mass is 19.3. The van der Waals surface area contributed by atoms with E-state index in [9.17, 15) is 26.7 Å². The lowest BCUT2D eigenvalue weighted by Gasteiger charge is -2.19. The van der Waals surface area contributed by atoms with Gasteiger partial charge in [0.15, 0.2) is 0 Å². The van der Waals surface area contributed by atoms with Crippen molar-refractivity contribution in [2.45, 2.75) is 31.2 Å². The van der Waals surface area contributed by atoms with Crippen LogP contribution in [0, 0.1) is 0 Å². The number of carbonyl (C=O) groups excluding carboxylic acids is 1. The van der Waals surface area contributed by atoms with Gasteiger partial charge in [-0.25, -0.2) is 4.39 Å². The zero-order valence-electron chi connectivity index (χ0n) is 11.9. The van der Waals surface area contributed by atoms with Crippen molar-refractivity contribution in [3.63, 3.8) is 0 Å². The summed E-state index contributed by atoms with van der Waals surface area (Å²) >= 11 is 0. The Labute approximate surface area is 129 Å². The quantitative estimate of drug-likeness (QED) is 0.783. The second-order valence-electron chi connectivity index (χ2n) is 5.11. The van der Waals surface area contributed by atoms with E-state index in [0.717, 1.165) is 6.07 Å². The maximum atomic E-state index is 13.0. The molecule has 0 unspecified atom stereocenters. The molecule has 1 aromatic rings. The van der Waals surface area contributed by atoms with Crippen molar-refractivity contribution in [2.75, 3.05) is 13.1 Å². The van der Waals surface area contributed by atoms with Crippen LogP contribution < -0.4 is 15.4 Å². The second kappa shape index (κ2) is 7.12. The molecule has 4 nitrogen and oxygen atoms in total. The lowest BCUT2D eigenvalue weighted by molar-refractivity contribution is -0.253. The van der Waals surface area contributed by atoms with Gasteiger partial charge in [0.2, 0.25) is 0 Å². The molecule has 128 valence electrons. The summed E-state index contributed by atoms with van der Waals surface area (Å²) in [5.41, 5.74) is -0.303. The number of halogens is 5. The third-order valence-corrected chi connectivity index (χ3v) is 3.31. The minimum absolute atomic E-state index is 0.0822. The van der Waals surface area contributed by atoms with Crippen molar-refractivity contribution in [1.29, 1.82) is 0 Å². The number of amides is 1. The van der Waals surface area contributed by atoms with Gasteiger partial charge < -0.3 is 15.4 Å². The van der Waals surface area contributed by atoms with Crippen LogP contribution in [0.2, 0.25) is 0 Å². The number of rotatable bonds is 6. The van der Waals surface area contributed by atoms with Crippen LogP contribution >= 0.6 is 0 Å². The Balaban J connectivity index is 2.02. The molecule has 2 N–H and O–H groups in total. The Morgan fingerprint density at radius 3 is 2.70 bits per heavy atom. The molecule has 0 bridgehead atoms.